The minimum Gasteiger partial charge on any atom is -0.462 e. The molecule has 0 spiro atoms. The van der Waals surface area contributed by atoms with Crippen molar-refractivity contribution in [1.82, 2.24) is 5.32 Å². The first-order chi connectivity index (χ1) is 12.6. The van der Waals surface area contributed by atoms with Crippen molar-refractivity contribution in [3.63, 3.8) is 0 Å². The molecule has 0 radical (unpaired) electrons. The number of carbonyl (C=O) groups is 2. The third-order valence-electron chi connectivity index (χ3n) is 3.58. The van der Waals surface area contributed by atoms with Crippen molar-refractivity contribution in [2.24, 2.45) is 0 Å². The second-order valence-electron chi connectivity index (χ2n) is 5.66. The number of amides is 1. The Bertz CT molecular complexity index is 728. The molecule has 7 heteroatoms. The van der Waals surface area contributed by atoms with E-state index < -0.39 is 0 Å². The van der Waals surface area contributed by atoms with Gasteiger partial charge in [0.15, 0.2) is 5.11 Å². The molecule has 2 rings (SSSR count). The molecule has 1 aromatic carbocycles. The largest absolute Gasteiger partial charge is 0.462 e. The van der Waals surface area contributed by atoms with Gasteiger partial charge in [-0.1, -0.05) is 32.3 Å². The molecule has 0 fully saturated rings. The van der Waals surface area contributed by atoms with Gasteiger partial charge < -0.3 is 10.1 Å². The van der Waals surface area contributed by atoms with Crippen LogP contribution in [-0.2, 0) is 4.74 Å². The molecule has 0 saturated heterocycles. The molecule has 0 aliphatic heterocycles. The van der Waals surface area contributed by atoms with E-state index in [9.17, 15) is 9.59 Å². The zero-order valence-electron chi connectivity index (χ0n) is 14.6. The van der Waals surface area contributed by atoms with Crippen molar-refractivity contribution < 1.29 is 14.3 Å². The predicted molar refractivity (Wildman–Crippen MR) is 109 cm³/mol. The molecule has 1 heterocycles. The van der Waals surface area contributed by atoms with Gasteiger partial charge in [0.05, 0.1) is 17.0 Å². The van der Waals surface area contributed by atoms with E-state index in [0.29, 0.717) is 22.7 Å². The Kier molecular flexibility index (Phi) is 8.24. The van der Waals surface area contributed by atoms with E-state index in [2.05, 4.69) is 17.6 Å². The van der Waals surface area contributed by atoms with Crippen molar-refractivity contribution in [3.8, 4) is 0 Å². The molecule has 138 valence electrons. The molecule has 1 amide bonds. The quantitative estimate of drug-likeness (QED) is 0.391. The summed E-state index contributed by atoms with van der Waals surface area (Å²) in [6.45, 7) is 2.58. The predicted octanol–water partition coefficient (Wildman–Crippen LogP) is 4.61. The molecule has 0 aliphatic carbocycles. The summed E-state index contributed by atoms with van der Waals surface area (Å²) in [5.74, 6) is -0.581. The Morgan fingerprint density at radius 3 is 2.54 bits per heavy atom. The van der Waals surface area contributed by atoms with Gasteiger partial charge in [0, 0.05) is 5.69 Å². The topological polar surface area (TPSA) is 67.4 Å². The number of hydrogen-bond acceptors (Lipinski definition) is 5. The molecule has 0 bridgehead atoms. The van der Waals surface area contributed by atoms with E-state index in [1.165, 1.54) is 11.3 Å². The van der Waals surface area contributed by atoms with Gasteiger partial charge in [-0.15, -0.1) is 11.3 Å². The van der Waals surface area contributed by atoms with Crippen LogP contribution in [0.15, 0.2) is 41.8 Å². The van der Waals surface area contributed by atoms with Crippen LogP contribution < -0.4 is 10.6 Å². The van der Waals surface area contributed by atoms with Gasteiger partial charge in [0.25, 0.3) is 5.91 Å². The number of anilines is 1. The van der Waals surface area contributed by atoms with Crippen LogP contribution in [0, 0.1) is 0 Å². The molecule has 5 nitrogen and oxygen atoms in total. The smallest absolute Gasteiger partial charge is 0.338 e. The van der Waals surface area contributed by atoms with Gasteiger partial charge in [-0.2, -0.15) is 0 Å². The number of hydrogen-bond donors (Lipinski definition) is 2. The summed E-state index contributed by atoms with van der Waals surface area (Å²) >= 11 is 6.48. The van der Waals surface area contributed by atoms with Crippen molar-refractivity contribution in [3.05, 3.63) is 52.2 Å². The molecule has 0 unspecified atom stereocenters. The number of unbranched alkanes of at least 4 members (excludes halogenated alkanes) is 3. The van der Waals surface area contributed by atoms with Crippen LogP contribution in [0.3, 0.4) is 0 Å². The second kappa shape index (κ2) is 10.7. The lowest BCUT2D eigenvalue weighted by Gasteiger charge is -2.09. The fourth-order valence-corrected chi connectivity index (χ4v) is 3.03. The normalized spacial score (nSPS) is 10.2. The van der Waals surface area contributed by atoms with E-state index >= 15 is 0 Å². The van der Waals surface area contributed by atoms with E-state index in [1.54, 1.807) is 36.4 Å². The minimum atomic E-state index is -0.332. The summed E-state index contributed by atoms with van der Waals surface area (Å²) in [5, 5.41) is 7.56. The zero-order valence-corrected chi connectivity index (χ0v) is 16.3. The van der Waals surface area contributed by atoms with Crippen molar-refractivity contribution in [1.29, 1.82) is 0 Å². The maximum Gasteiger partial charge on any atom is 0.338 e. The average Bonchev–Trinajstić information content (AvgIpc) is 3.16. The van der Waals surface area contributed by atoms with Crippen molar-refractivity contribution >= 4 is 46.2 Å². The Morgan fingerprint density at radius 2 is 1.88 bits per heavy atom. The summed E-state index contributed by atoms with van der Waals surface area (Å²) in [6, 6.07) is 10.3. The van der Waals surface area contributed by atoms with Gasteiger partial charge >= 0.3 is 5.97 Å². The lowest BCUT2D eigenvalue weighted by Crippen LogP contribution is -2.33. The maximum atomic E-state index is 12.0. The van der Waals surface area contributed by atoms with Gasteiger partial charge in [0.2, 0.25) is 0 Å². The van der Waals surface area contributed by atoms with Crippen molar-refractivity contribution in [2.75, 3.05) is 11.9 Å². The molecule has 1 aromatic heterocycles. The van der Waals surface area contributed by atoms with Crippen LogP contribution in [0.5, 0.6) is 0 Å². The van der Waals surface area contributed by atoms with Crippen LogP contribution in [0.1, 0.15) is 52.6 Å². The van der Waals surface area contributed by atoms with Crippen LogP contribution in [0.4, 0.5) is 5.69 Å². The van der Waals surface area contributed by atoms with E-state index in [4.69, 9.17) is 17.0 Å². The molecule has 0 atom stereocenters. The van der Waals surface area contributed by atoms with Crippen molar-refractivity contribution in [2.45, 2.75) is 32.6 Å². The van der Waals surface area contributed by atoms with Gasteiger partial charge in [0.1, 0.15) is 0 Å². The van der Waals surface area contributed by atoms with Crippen LogP contribution in [0.25, 0.3) is 0 Å². The summed E-state index contributed by atoms with van der Waals surface area (Å²) in [5.41, 5.74) is 1.17. The fraction of sp³-hybridized carbons (Fsp3) is 0.316. The molecular weight excluding hydrogens is 368 g/mol. The number of benzene rings is 1. The lowest BCUT2D eigenvalue weighted by atomic mass is 10.2. The van der Waals surface area contributed by atoms with E-state index in [1.807, 2.05) is 5.38 Å². The average molecular weight is 391 g/mol. The molecular formula is C19H22N2O3S2. The Hall–Kier alpha value is -2.25. The molecule has 2 N–H and O–H groups in total. The Morgan fingerprint density at radius 1 is 1.12 bits per heavy atom. The highest BCUT2D eigenvalue weighted by Crippen LogP contribution is 2.12. The monoisotopic (exact) mass is 390 g/mol. The highest BCUT2D eigenvalue weighted by atomic mass is 32.1. The summed E-state index contributed by atoms with van der Waals surface area (Å²) in [7, 11) is 0. The fourth-order valence-electron chi connectivity index (χ4n) is 2.20. The third kappa shape index (κ3) is 6.57. The van der Waals surface area contributed by atoms with E-state index in [0.717, 1.165) is 25.7 Å². The number of esters is 1. The summed E-state index contributed by atoms with van der Waals surface area (Å²) in [6.07, 6.45) is 4.26. The molecule has 0 saturated carbocycles. The first kappa shape index (κ1) is 20.1. The SMILES string of the molecule is CCCCCCOC(=O)c1ccc(NC(=S)NC(=O)c2cccs2)cc1. The number of carbonyl (C=O) groups excluding carboxylic acids is 2. The highest BCUT2D eigenvalue weighted by molar-refractivity contribution is 7.80. The summed E-state index contributed by atoms with van der Waals surface area (Å²) < 4.78 is 5.25. The van der Waals surface area contributed by atoms with Gasteiger partial charge in [-0.25, -0.2) is 4.79 Å². The minimum absolute atomic E-state index is 0.203. The van der Waals surface area contributed by atoms with Crippen LogP contribution >= 0.6 is 23.6 Å². The Balaban J connectivity index is 1.78. The first-order valence-electron chi connectivity index (χ1n) is 8.53. The number of thiophene rings is 1. The van der Waals surface area contributed by atoms with Gasteiger partial charge in [-0.3, -0.25) is 10.1 Å². The second-order valence-corrected chi connectivity index (χ2v) is 7.02. The molecule has 2 aromatic rings. The standard InChI is InChI=1S/C19H22N2O3S2/c1-2-3-4-5-12-24-18(23)14-8-10-15(11-9-14)20-19(25)21-17(22)16-7-6-13-26-16/h6-11,13H,2-5,12H2,1H3,(H2,20,21,22,25). The number of nitrogens with one attached hydrogen (secondary N) is 2. The zero-order chi connectivity index (χ0) is 18.8. The van der Waals surface area contributed by atoms with Crippen LogP contribution in [0.2, 0.25) is 0 Å². The number of rotatable bonds is 8. The van der Waals surface area contributed by atoms with E-state index in [-0.39, 0.29) is 17.0 Å². The Labute approximate surface area is 162 Å². The lowest BCUT2D eigenvalue weighted by molar-refractivity contribution is 0.0497. The van der Waals surface area contributed by atoms with Crippen LogP contribution in [-0.4, -0.2) is 23.6 Å². The molecule has 26 heavy (non-hydrogen) atoms. The number of ether oxygens (including phenoxy) is 1. The molecule has 0 aliphatic rings. The number of thiocarbonyl (C=S) groups is 1. The summed E-state index contributed by atoms with van der Waals surface area (Å²) in [4.78, 5) is 24.5. The first-order valence-corrected chi connectivity index (χ1v) is 9.82. The maximum absolute atomic E-state index is 12.0. The van der Waals surface area contributed by atoms with Gasteiger partial charge in [-0.05, 0) is 54.4 Å². The third-order valence-corrected chi connectivity index (χ3v) is 4.65. The highest BCUT2D eigenvalue weighted by Gasteiger charge is 2.10.